The number of amides is 1. The van der Waals surface area contributed by atoms with Gasteiger partial charge in [0.25, 0.3) is 0 Å². The first-order chi connectivity index (χ1) is 13.0. The lowest BCUT2D eigenvalue weighted by Crippen LogP contribution is -2.14. The summed E-state index contributed by atoms with van der Waals surface area (Å²) in [6.45, 7) is 6.39. The number of hydrogen-bond donors (Lipinski definition) is 1. The zero-order valence-corrected chi connectivity index (χ0v) is 16.4. The van der Waals surface area contributed by atoms with E-state index in [4.69, 9.17) is 10.5 Å². The fraction of sp³-hybridized carbons (Fsp3) is 0.250. The summed E-state index contributed by atoms with van der Waals surface area (Å²) in [6, 6.07) is 13.9. The molecule has 7 heteroatoms. The fourth-order valence-corrected chi connectivity index (χ4v) is 3.40. The number of carbonyl (C=O) groups is 1. The van der Waals surface area contributed by atoms with Crippen LogP contribution in [0.1, 0.15) is 22.5 Å². The summed E-state index contributed by atoms with van der Waals surface area (Å²) < 4.78 is 7.86. The van der Waals surface area contributed by atoms with Crippen LogP contribution >= 0.6 is 11.8 Å². The molecule has 0 fully saturated rings. The van der Waals surface area contributed by atoms with Gasteiger partial charge in [-0.25, -0.2) is 0 Å². The lowest BCUT2D eigenvalue weighted by atomic mass is 10.1. The zero-order valence-electron chi connectivity index (χ0n) is 15.6. The average Bonchev–Trinajstić information content (AvgIpc) is 3.03. The van der Waals surface area contributed by atoms with Crippen molar-refractivity contribution >= 4 is 17.7 Å². The van der Waals surface area contributed by atoms with E-state index in [1.165, 1.54) is 11.8 Å². The number of nitrogens with zero attached hydrogens (tertiary/aromatic N) is 3. The van der Waals surface area contributed by atoms with Crippen LogP contribution in [0.15, 0.2) is 47.6 Å². The molecule has 1 aromatic heterocycles. The van der Waals surface area contributed by atoms with Gasteiger partial charge in [-0.2, -0.15) is 0 Å². The molecule has 1 amide bonds. The molecule has 0 unspecified atom stereocenters. The molecule has 0 spiro atoms. The SMILES string of the molecule is Cc1cccc(OCc2nnc(SCC(N)=O)n2-c2cccc(C)c2C)c1. The summed E-state index contributed by atoms with van der Waals surface area (Å²) >= 11 is 1.27. The van der Waals surface area contributed by atoms with Crippen LogP contribution in [0, 0.1) is 20.8 Å². The standard InChI is InChI=1S/C20H22N4O2S/c1-13-6-4-8-16(10-13)26-11-19-22-23-20(27-12-18(21)25)24(19)17-9-5-7-14(2)15(17)3/h4-10H,11-12H2,1-3H3,(H2,21,25). The molecule has 3 aromatic rings. The molecule has 0 aliphatic carbocycles. The lowest BCUT2D eigenvalue weighted by Gasteiger charge is -2.14. The Morgan fingerprint density at radius 2 is 1.93 bits per heavy atom. The molecule has 27 heavy (non-hydrogen) atoms. The van der Waals surface area contributed by atoms with E-state index in [0.29, 0.717) is 11.0 Å². The van der Waals surface area contributed by atoms with Gasteiger partial charge in [0.2, 0.25) is 5.91 Å². The number of primary amides is 1. The number of ether oxygens (including phenoxy) is 1. The van der Waals surface area contributed by atoms with E-state index in [9.17, 15) is 4.79 Å². The van der Waals surface area contributed by atoms with Crippen LogP contribution in [-0.2, 0) is 11.4 Å². The van der Waals surface area contributed by atoms with Crippen LogP contribution in [0.5, 0.6) is 5.75 Å². The normalized spacial score (nSPS) is 10.8. The summed E-state index contributed by atoms with van der Waals surface area (Å²) in [6.07, 6.45) is 0. The topological polar surface area (TPSA) is 83.0 Å². The van der Waals surface area contributed by atoms with E-state index in [2.05, 4.69) is 30.1 Å². The second kappa shape index (κ2) is 8.26. The van der Waals surface area contributed by atoms with Gasteiger partial charge in [0.05, 0.1) is 11.4 Å². The molecular formula is C20H22N4O2S. The van der Waals surface area contributed by atoms with Crippen molar-refractivity contribution in [2.24, 2.45) is 5.73 Å². The predicted molar refractivity (Wildman–Crippen MR) is 106 cm³/mol. The first-order valence-corrected chi connectivity index (χ1v) is 9.55. The number of aryl methyl sites for hydroxylation is 2. The third-order valence-corrected chi connectivity index (χ3v) is 5.17. The van der Waals surface area contributed by atoms with Gasteiger partial charge in [-0.15, -0.1) is 10.2 Å². The van der Waals surface area contributed by atoms with E-state index in [0.717, 1.165) is 28.1 Å². The molecule has 0 aliphatic rings. The molecule has 0 atom stereocenters. The Bertz CT molecular complexity index is 968. The van der Waals surface area contributed by atoms with Crippen LogP contribution in [0.4, 0.5) is 0 Å². The van der Waals surface area contributed by atoms with Crippen molar-refractivity contribution in [1.82, 2.24) is 14.8 Å². The van der Waals surface area contributed by atoms with Gasteiger partial charge >= 0.3 is 0 Å². The Labute approximate surface area is 162 Å². The van der Waals surface area contributed by atoms with Gasteiger partial charge in [-0.1, -0.05) is 36.0 Å². The highest BCUT2D eigenvalue weighted by atomic mass is 32.2. The smallest absolute Gasteiger partial charge is 0.227 e. The Morgan fingerprint density at radius 3 is 2.67 bits per heavy atom. The number of thioether (sulfide) groups is 1. The van der Waals surface area contributed by atoms with Crippen molar-refractivity contribution in [1.29, 1.82) is 0 Å². The van der Waals surface area contributed by atoms with Crippen LogP contribution in [0.25, 0.3) is 5.69 Å². The van der Waals surface area contributed by atoms with Crippen LogP contribution in [0.3, 0.4) is 0 Å². The maximum Gasteiger partial charge on any atom is 0.227 e. The first-order valence-electron chi connectivity index (χ1n) is 8.57. The predicted octanol–water partition coefficient (Wildman–Crippen LogP) is 3.35. The number of nitrogens with two attached hydrogens (primary N) is 1. The molecule has 2 N–H and O–H groups in total. The van der Waals surface area contributed by atoms with E-state index in [1.807, 2.05) is 47.9 Å². The largest absolute Gasteiger partial charge is 0.486 e. The highest BCUT2D eigenvalue weighted by molar-refractivity contribution is 7.99. The fourth-order valence-electron chi connectivity index (χ4n) is 2.70. The van der Waals surface area contributed by atoms with Crippen LogP contribution < -0.4 is 10.5 Å². The van der Waals surface area contributed by atoms with Gasteiger partial charge in [-0.05, 0) is 55.7 Å². The minimum absolute atomic E-state index is 0.141. The van der Waals surface area contributed by atoms with E-state index in [1.54, 1.807) is 0 Å². The molecule has 0 radical (unpaired) electrons. The summed E-state index contributed by atoms with van der Waals surface area (Å²) in [5.41, 5.74) is 9.68. The quantitative estimate of drug-likeness (QED) is 0.634. The van der Waals surface area contributed by atoms with Crippen molar-refractivity contribution in [2.75, 3.05) is 5.75 Å². The van der Waals surface area contributed by atoms with Crippen LogP contribution in [-0.4, -0.2) is 26.4 Å². The van der Waals surface area contributed by atoms with Gasteiger partial charge in [-0.3, -0.25) is 9.36 Å². The molecule has 0 aliphatic heterocycles. The van der Waals surface area contributed by atoms with Crippen molar-refractivity contribution in [3.8, 4) is 11.4 Å². The van der Waals surface area contributed by atoms with Gasteiger partial charge < -0.3 is 10.5 Å². The van der Waals surface area contributed by atoms with Crippen molar-refractivity contribution in [2.45, 2.75) is 32.5 Å². The van der Waals surface area contributed by atoms with Crippen molar-refractivity contribution in [3.63, 3.8) is 0 Å². The molecule has 0 saturated heterocycles. The summed E-state index contributed by atoms with van der Waals surface area (Å²) in [5.74, 6) is 1.18. The molecule has 0 bridgehead atoms. The Kier molecular flexibility index (Phi) is 5.81. The molecule has 6 nitrogen and oxygen atoms in total. The molecule has 0 saturated carbocycles. The van der Waals surface area contributed by atoms with E-state index in [-0.39, 0.29) is 12.4 Å². The highest BCUT2D eigenvalue weighted by Gasteiger charge is 2.18. The third kappa shape index (κ3) is 4.49. The van der Waals surface area contributed by atoms with Gasteiger partial charge in [0, 0.05) is 0 Å². The Hall–Kier alpha value is -2.80. The summed E-state index contributed by atoms with van der Waals surface area (Å²) in [5, 5.41) is 9.16. The lowest BCUT2D eigenvalue weighted by molar-refractivity contribution is -0.115. The number of benzene rings is 2. The Balaban J connectivity index is 1.95. The van der Waals surface area contributed by atoms with Gasteiger partial charge in [0.15, 0.2) is 11.0 Å². The maximum atomic E-state index is 11.2. The highest BCUT2D eigenvalue weighted by Crippen LogP contribution is 2.26. The van der Waals surface area contributed by atoms with E-state index >= 15 is 0 Å². The average molecular weight is 382 g/mol. The van der Waals surface area contributed by atoms with Crippen molar-refractivity contribution in [3.05, 3.63) is 65.0 Å². The second-order valence-electron chi connectivity index (χ2n) is 6.31. The van der Waals surface area contributed by atoms with Gasteiger partial charge in [0.1, 0.15) is 12.4 Å². The summed E-state index contributed by atoms with van der Waals surface area (Å²) in [4.78, 5) is 11.2. The maximum absolute atomic E-state index is 11.2. The van der Waals surface area contributed by atoms with Crippen molar-refractivity contribution < 1.29 is 9.53 Å². The summed E-state index contributed by atoms with van der Waals surface area (Å²) in [7, 11) is 0. The Morgan fingerprint density at radius 1 is 1.15 bits per heavy atom. The van der Waals surface area contributed by atoms with E-state index < -0.39 is 5.91 Å². The zero-order chi connectivity index (χ0) is 19.4. The molecule has 140 valence electrons. The third-order valence-electron chi connectivity index (χ3n) is 4.22. The first kappa shape index (κ1) is 19.0. The molecule has 3 rings (SSSR count). The monoisotopic (exact) mass is 382 g/mol. The number of hydrogen-bond acceptors (Lipinski definition) is 5. The molecule has 2 aromatic carbocycles. The molecular weight excluding hydrogens is 360 g/mol. The molecule has 1 heterocycles. The second-order valence-corrected chi connectivity index (χ2v) is 7.26. The minimum atomic E-state index is -0.395. The minimum Gasteiger partial charge on any atom is -0.486 e. The number of aromatic nitrogens is 3. The number of carbonyl (C=O) groups excluding carboxylic acids is 1. The van der Waals surface area contributed by atoms with Crippen LogP contribution in [0.2, 0.25) is 0 Å². The number of rotatable bonds is 7.